The predicted molar refractivity (Wildman–Crippen MR) is 117 cm³/mol. The van der Waals surface area contributed by atoms with Crippen molar-refractivity contribution in [3.8, 4) is 22.8 Å². The third kappa shape index (κ3) is 3.75. The first kappa shape index (κ1) is 19.3. The normalized spacial score (nSPS) is 18.3. The lowest BCUT2D eigenvalue weighted by atomic mass is 10.1. The van der Waals surface area contributed by atoms with E-state index in [1.807, 2.05) is 53.1 Å². The summed E-state index contributed by atoms with van der Waals surface area (Å²) in [7, 11) is 0. The molecule has 154 valence electrons. The molecule has 2 aromatic carbocycles. The number of H-pyrrole nitrogens is 1. The molecule has 1 amide bonds. The quantitative estimate of drug-likeness (QED) is 0.633. The topological polar surface area (TPSA) is 67.5 Å². The minimum atomic E-state index is -0.0325. The molecule has 2 aliphatic heterocycles. The molecule has 2 aliphatic rings. The van der Waals surface area contributed by atoms with Crippen LogP contribution in [0.1, 0.15) is 27.7 Å². The Morgan fingerprint density at radius 1 is 1.13 bits per heavy atom. The van der Waals surface area contributed by atoms with Gasteiger partial charge in [-0.1, -0.05) is 29.8 Å². The van der Waals surface area contributed by atoms with E-state index in [-0.39, 0.29) is 12.7 Å². The standard InChI is InChI=1S/C22H20ClN3O3S/c23-16-4-2-1-3-15(16)21-7-8-26(9-10-30-21)22(27)18-12-17(24-25-18)14-5-6-19-20(11-14)29-13-28-19/h1-6,11-12,21H,7-10,13H2,(H,24,25)/t21-/m0/s1. The number of hydrogen-bond acceptors (Lipinski definition) is 5. The Labute approximate surface area is 183 Å². The van der Waals surface area contributed by atoms with Crippen molar-refractivity contribution in [2.24, 2.45) is 0 Å². The van der Waals surface area contributed by atoms with Crippen LogP contribution >= 0.6 is 23.4 Å². The van der Waals surface area contributed by atoms with Crippen molar-refractivity contribution >= 4 is 29.3 Å². The number of ether oxygens (including phenoxy) is 2. The van der Waals surface area contributed by atoms with Crippen LogP contribution in [0.25, 0.3) is 11.3 Å². The van der Waals surface area contributed by atoms with E-state index >= 15 is 0 Å². The first-order chi connectivity index (χ1) is 14.7. The second kappa shape index (κ2) is 8.24. The van der Waals surface area contributed by atoms with Crippen molar-refractivity contribution in [3.05, 3.63) is 64.8 Å². The highest BCUT2D eigenvalue weighted by Crippen LogP contribution is 2.38. The molecule has 0 bridgehead atoms. The molecule has 0 spiro atoms. The maximum atomic E-state index is 13.1. The van der Waals surface area contributed by atoms with Gasteiger partial charge in [0.05, 0.1) is 5.69 Å². The van der Waals surface area contributed by atoms with Gasteiger partial charge in [-0.3, -0.25) is 9.89 Å². The zero-order valence-electron chi connectivity index (χ0n) is 16.1. The van der Waals surface area contributed by atoms with Crippen molar-refractivity contribution in [1.82, 2.24) is 15.1 Å². The van der Waals surface area contributed by atoms with Crippen LogP contribution in [-0.2, 0) is 0 Å². The fourth-order valence-corrected chi connectivity index (χ4v) is 5.36. The third-order valence-corrected chi connectivity index (χ3v) is 7.01. The van der Waals surface area contributed by atoms with E-state index < -0.39 is 0 Å². The van der Waals surface area contributed by atoms with Gasteiger partial charge in [-0.25, -0.2) is 0 Å². The number of amides is 1. The van der Waals surface area contributed by atoms with Crippen LogP contribution in [0.5, 0.6) is 11.5 Å². The average molecular weight is 442 g/mol. The Morgan fingerprint density at radius 2 is 2.00 bits per heavy atom. The van der Waals surface area contributed by atoms with Gasteiger partial charge < -0.3 is 14.4 Å². The summed E-state index contributed by atoms with van der Waals surface area (Å²) in [6.45, 7) is 1.61. The third-order valence-electron chi connectivity index (χ3n) is 5.36. The summed E-state index contributed by atoms with van der Waals surface area (Å²) in [6, 6.07) is 15.4. The van der Waals surface area contributed by atoms with E-state index in [9.17, 15) is 4.79 Å². The van der Waals surface area contributed by atoms with Gasteiger partial charge >= 0.3 is 0 Å². The monoisotopic (exact) mass is 441 g/mol. The van der Waals surface area contributed by atoms with Gasteiger partial charge in [0.1, 0.15) is 5.69 Å². The number of rotatable bonds is 3. The minimum Gasteiger partial charge on any atom is -0.454 e. The van der Waals surface area contributed by atoms with Crippen LogP contribution in [0, 0.1) is 0 Å². The molecule has 1 atom stereocenters. The Bertz CT molecular complexity index is 1090. The van der Waals surface area contributed by atoms with Gasteiger partial charge in [0, 0.05) is 34.7 Å². The van der Waals surface area contributed by atoms with Gasteiger partial charge in [0.2, 0.25) is 6.79 Å². The first-order valence-electron chi connectivity index (χ1n) is 9.80. The van der Waals surface area contributed by atoms with Crippen LogP contribution in [0.4, 0.5) is 0 Å². The van der Waals surface area contributed by atoms with Crippen LogP contribution in [0.2, 0.25) is 5.02 Å². The second-order valence-corrected chi connectivity index (χ2v) is 8.91. The maximum absolute atomic E-state index is 13.1. The number of fused-ring (bicyclic) bond motifs is 1. The molecule has 1 aromatic heterocycles. The molecule has 1 fully saturated rings. The SMILES string of the molecule is O=C(c1cc(-c2ccc3c(c2)OCO3)n[nH]1)N1CCS[C@H](c2ccccc2Cl)CC1. The number of thioether (sulfide) groups is 1. The molecule has 0 radical (unpaired) electrons. The summed E-state index contributed by atoms with van der Waals surface area (Å²) in [6.07, 6.45) is 0.864. The predicted octanol–water partition coefficient (Wildman–Crippen LogP) is 4.78. The van der Waals surface area contributed by atoms with Gasteiger partial charge in [0.15, 0.2) is 11.5 Å². The maximum Gasteiger partial charge on any atom is 0.271 e. The number of nitrogens with one attached hydrogen (secondary N) is 1. The zero-order chi connectivity index (χ0) is 20.5. The lowest BCUT2D eigenvalue weighted by Crippen LogP contribution is -2.33. The highest BCUT2D eigenvalue weighted by molar-refractivity contribution is 7.99. The summed E-state index contributed by atoms with van der Waals surface area (Å²) in [5.41, 5.74) is 3.21. The average Bonchev–Trinajstić information content (AvgIpc) is 3.38. The molecule has 5 rings (SSSR count). The second-order valence-electron chi connectivity index (χ2n) is 7.20. The minimum absolute atomic E-state index is 0.0325. The summed E-state index contributed by atoms with van der Waals surface area (Å²) in [5, 5.41) is 8.32. The Hall–Kier alpha value is -2.64. The van der Waals surface area contributed by atoms with Crippen molar-refractivity contribution in [2.75, 3.05) is 25.6 Å². The van der Waals surface area contributed by atoms with Crippen LogP contribution < -0.4 is 9.47 Å². The summed E-state index contributed by atoms with van der Waals surface area (Å²) < 4.78 is 10.8. The van der Waals surface area contributed by atoms with Crippen LogP contribution in [0.3, 0.4) is 0 Å². The van der Waals surface area contributed by atoms with E-state index in [0.29, 0.717) is 35.5 Å². The molecule has 0 aliphatic carbocycles. The van der Waals surface area contributed by atoms with Gasteiger partial charge in [-0.2, -0.15) is 16.9 Å². The molecule has 3 aromatic rings. The van der Waals surface area contributed by atoms with Gasteiger partial charge in [-0.05, 0) is 42.3 Å². The van der Waals surface area contributed by atoms with Crippen molar-refractivity contribution in [3.63, 3.8) is 0 Å². The van der Waals surface area contributed by atoms with Crippen molar-refractivity contribution < 1.29 is 14.3 Å². The number of benzene rings is 2. The molecule has 0 saturated carbocycles. The summed E-state index contributed by atoms with van der Waals surface area (Å²) >= 11 is 8.23. The molecule has 30 heavy (non-hydrogen) atoms. The lowest BCUT2D eigenvalue weighted by Gasteiger charge is -2.19. The molecular formula is C22H20ClN3O3S. The molecule has 1 N–H and O–H groups in total. The number of hydrogen-bond donors (Lipinski definition) is 1. The van der Waals surface area contributed by atoms with Crippen LogP contribution in [-0.4, -0.2) is 46.6 Å². The fraction of sp³-hybridized carbons (Fsp3) is 0.273. The highest BCUT2D eigenvalue weighted by Gasteiger charge is 2.25. The first-order valence-corrected chi connectivity index (χ1v) is 11.2. The van der Waals surface area contributed by atoms with Crippen molar-refractivity contribution in [2.45, 2.75) is 11.7 Å². The van der Waals surface area contributed by atoms with E-state index in [1.54, 1.807) is 6.07 Å². The van der Waals surface area contributed by atoms with Crippen LogP contribution in [0.15, 0.2) is 48.5 Å². The smallest absolute Gasteiger partial charge is 0.271 e. The Balaban J connectivity index is 1.29. The van der Waals surface area contributed by atoms with Gasteiger partial charge in [-0.15, -0.1) is 0 Å². The number of aromatic amines is 1. The molecule has 6 nitrogen and oxygen atoms in total. The van der Waals surface area contributed by atoms with E-state index in [2.05, 4.69) is 16.3 Å². The van der Waals surface area contributed by atoms with E-state index in [1.165, 1.54) is 0 Å². The molecule has 0 unspecified atom stereocenters. The van der Waals surface area contributed by atoms with Crippen molar-refractivity contribution in [1.29, 1.82) is 0 Å². The number of halogens is 1. The largest absolute Gasteiger partial charge is 0.454 e. The number of nitrogens with zero attached hydrogens (tertiary/aromatic N) is 2. The molecule has 1 saturated heterocycles. The summed E-state index contributed by atoms with van der Waals surface area (Å²) in [5.74, 6) is 2.25. The van der Waals surface area contributed by atoms with E-state index in [0.717, 1.165) is 34.1 Å². The molecule has 3 heterocycles. The number of carbonyl (C=O) groups excluding carboxylic acids is 1. The fourth-order valence-electron chi connectivity index (χ4n) is 3.76. The zero-order valence-corrected chi connectivity index (χ0v) is 17.7. The Morgan fingerprint density at radius 3 is 2.90 bits per heavy atom. The highest BCUT2D eigenvalue weighted by atomic mass is 35.5. The number of aromatic nitrogens is 2. The molecular weight excluding hydrogens is 422 g/mol. The number of carbonyl (C=O) groups is 1. The lowest BCUT2D eigenvalue weighted by molar-refractivity contribution is 0.0760. The van der Waals surface area contributed by atoms with Gasteiger partial charge in [0.25, 0.3) is 5.91 Å². The summed E-state index contributed by atoms with van der Waals surface area (Å²) in [4.78, 5) is 15.0. The molecule has 8 heteroatoms. The van der Waals surface area contributed by atoms with E-state index in [4.69, 9.17) is 21.1 Å². The Kier molecular flexibility index (Phi) is 5.31.